The number of carboxylic acid groups (broad SMARTS) is 1. The number of aromatic hydroxyl groups is 2. The highest BCUT2D eigenvalue weighted by Crippen LogP contribution is 2.41. The van der Waals surface area contributed by atoms with Crippen molar-refractivity contribution in [3.63, 3.8) is 0 Å². The topological polar surface area (TPSA) is 108 Å². The highest BCUT2D eigenvalue weighted by atomic mass is 32.2. The summed E-state index contributed by atoms with van der Waals surface area (Å²) in [6.45, 7) is 0. The van der Waals surface area contributed by atoms with Gasteiger partial charge in [-0.3, -0.25) is 9.36 Å². The molecule has 1 aliphatic rings. The average Bonchev–Trinajstić information content (AvgIpc) is 3.19. The number of aliphatic carboxylic acids is 1. The van der Waals surface area contributed by atoms with Crippen LogP contribution in [0.5, 0.6) is 11.5 Å². The lowest BCUT2D eigenvalue weighted by atomic mass is 10.2. The number of aromatic nitrogens is 3. The van der Waals surface area contributed by atoms with Gasteiger partial charge in [-0.2, -0.15) is 0 Å². The second-order valence-corrected chi connectivity index (χ2v) is 5.74. The summed E-state index contributed by atoms with van der Waals surface area (Å²) in [6, 6.07) is 4.72. The Morgan fingerprint density at radius 2 is 2.05 bits per heavy atom. The van der Waals surface area contributed by atoms with Crippen molar-refractivity contribution < 1.29 is 20.1 Å². The molecule has 1 saturated carbocycles. The summed E-state index contributed by atoms with van der Waals surface area (Å²) in [5, 5.41) is 36.4. The molecular formula is C13H13N3O4S. The Morgan fingerprint density at radius 1 is 1.29 bits per heavy atom. The maximum absolute atomic E-state index is 10.7. The molecule has 1 aliphatic carbocycles. The Bertz CT molecular complexity index is 697. The number of hydrogen-bond acceptors (Lipinski definition) is 6. The highest BCUT2D eigenvalue weighted by Gasteiger charge is 2.30. The predicted octanol–water partition coefficient (Wildman–Crippen LogP) is 1.87. The smallest absolute Gasteiger partial charge is 0.313 e. The van der Waals surface area contributed by atoms with Gasteiger partial charge in [0.2, 0.25) is 0 Å². The lowest BCUT2D eigenvalue weighted by molar-refractivity contribution is -0.133. The minimum absolute atomic E-state index is 0.0777. The molecule has 110 valence electrons. The first-order chi connectivity index (χ1) is 10.1. The summed E-state index contributed by atoms with van der Waals surface area (Å²) in [5.41, 5.74) is 0.631. The number of hydrogen-bond donors (Lipinski definition) is 3. The second-order valence-electron chi connectivity index (χ2n) is 4.79. The molecule has 1 aromatic carbocycles. The molecule has 0 amide bonds. The van der Waals surface area contributed by atoms with Crippen LogP contribution in [0.1, 0.15) is 18.9 Å². The van der Waals surface area contributed by atoms with Crippen molar-refractivity contribution in [1.82, 2.24) is 14.8 Å². The van der Waals surface area contributed by atoms with Crippen LogP contribution in [0.15, 0.2) is 23.4 Å². The Morgan fingerprint density at radius 3 is 2.67 bits per heavy atom. The van der Waals surface area contributed by atoms with E-state index in [0.29, 0.717) is 16.5 Å². The van der Waals surface area contributed by atoms with Crippen molar-refractivity contribution in [1.29, 1.82) is 0 Å². The molecule has 0 unspecified atom stereocenters. The molecule has 0 radical (unpaired) electrons. The van der Waals surface area contributed by atoms with Crippen molar-refractivity contribution in [2.75, 3.05) is 5.75 Å². The Labute approximate surface area is 124 Å². The molecule has 7 nitrogen and oxygen atoms in total. The molecule has 0 spiro atoms. The van der Waals surface area contributed by atoms with Crippen LogP contribution < -0.4 is 0 Å². The third-order valence-corrected chi connectivity index (χ3v) is 4.06. The van der Waals surface area contributed by atoms with Gasteiger partial charge in [0.15, 0.2) is 22.5 Å². The van der Waals surface area contributed by atoms with Crippen LogP contribution in [-0.2, 0) is 4.79 Å². The van der Waals surface area contributed by atoms with Crippen LogP contribution in [0.4, 0.5) is 0 Å². The second kappa shape index (κ2) is 5.28. The van der Waals surface area contributed by atoms with Gasteiger partial charge in [-0.1, -0.05) is 11.8 Å². The molecule has 0 atom stereocenters. The van der Waals surface area contributed by atoms with Gasteiger partial charge in [-0.15, -0.1) is 10.2 Å². The van der Waals surface area contributed by atoms with Crippen LogP contribution in [-0.4, -0.2) is 41.8 Å². The van der Waals surface area contributed by atoms with Gasteiger partial charge in [0, 0.05) is 11.6 Å². The number of carbonyl (C=O) groups is 1. The predicted molar refractivity (Wildman–Crippen MR) is 75.4 cm³/mol. The van der Waals surface area contributed by atoms with Crippen LogP contribution in [0, 0.1) is 0 Å². The van der Waals surface area contributed by atoms with Crippen molar-refractivity contribution >= 4 is 17.7 Å². The number of rotatable bonds is 5. The number of phenolic OH excluding ortho intramolecular Hbond substituents is 2. The largest absolute Gasteiger partial charge is 0.504 e. The van der Waals surface area contributed by atoms with E-state index in [0.717, 1.165) is 24.6 Å². The Balaban J connectivity index is 1.98. The van der Waals surface area contributed by atoms with Crippen LogP contribution in [0.3, 0.4) is 0 Å². The van der Waals surface area contributed by atoms with Gasteiger partial charge in [-0.25, -0.2) is 0 Å². The molecule has 3 N–H and O–H groups in total. The fraction of sp³-hybridized carbons (Fsp3) is 0.308. The average molecular weight is 307 g/mol. The SMILES string of the molecule is O=C(O)CSc1nnc(-c2ccc(O)c(O)c2)n1C1CC1. The minimum Gasteiger partial charge on any atom is -0.504 e. The molecule has 0 saturated heterocycles. The number of nitrogens with zero attached hydrogens (tertiary/aromatic N) is 3. The maximum Gasteiger partial charge on any atom is 0.313 e. The van der Waals surface area contributed by atoms with Gasteiger partial charge < -0.3 is 15.3 Å². The molecule has 0 aliphatic heterocycles. The zero-order valence-corrected chi connectivity index (χ0v) is 11.7. The molecule has 8 heteroatoms. The van der Waals surface area contributed by atoms with E-state index in [9.17, 15) is 15.0 Å². The van der Waals surface area contributed by atoms with E-state index in [-0.39, 0.29) is 23.3 Å². The summed E-state index contributed by atoms with van der Waals surface area (Å²) in [5.74, 6) is -0.838. The van der Waals surface area contributed by atoms with E-state index < -0.39 is 5.97 Å². The van der Waals surface area contributed by atoms with E-state index in [1.165, 1.54) is 12.1 Å². The van der Waals surface area contributed by atoms with Crippen molar-refractivity contribution in [2.24, 2.45) is 0 Å². The molecule has 21 heavy (non-hydrogen) atoms. The first-order valence-corrected chi connectivity index (χ1v) is 7.36. The van der Waals surface area contributed by atoms with Crippen LogP contribution >= 0.6 is 11.8 Å². The molecule has 1 heterocycles. The van der Waals surface area contributed by atoms with Gasteiger partial charge in [-0.05, 0) is 31.0 Å². The summed E-state index contributed by atoms with van der Waals surface area (Å²) in [4.78, 5) is 10.7. The third-order valence-electron chi connectivity index (χ3n) is 3.13. The quantitative estimate of drug-likeness (QED) is 0.571. The number of carboxylic acids is 1. The van der Waals surface area contributed by atoms with Crippen LogP contribution in [0.2, 0.25) is 0 Å². The molecule has 2 aromatic rings. The maximum atomic E-state index is 10.7. The molecule has 3 rings (SSSR count). The normalized spacial score (nSPS) is 14.3. The zero-order chi connectivity index (χ0) is 15.0. The van der Waals surface area contributed by atoms with Crippen molar-refractivity contribution in [2.45, 2.75) is 24.0 Å². The summed E-state index contributed by atoms with van der Waals surface area (Å²) in [7, 11) is 0. The zero-order valence-electron chi connectivity index (χ0n) is 10.9. The van der Waals surface area contributed by atoms with Gasteiger partial charge in [0.05, 0.1) is 5.75 Å². The van der Waals surface area contributed by atoms with Crippen molar-refractivity contribution in [3.8, 4) is 22.9 Å². The number of phenols is 2. The molecule has 1 fully saturated rings. The lowest BCUT2D eigenvalue weighted by Crippen LogP contribution is -2.03. The molecular weight excluding hydrogens is 294 g/mol. The lowest BCUT2D eigenvalue weighted by Gasteiger charge is -2.08. The Hall–Kier alpha value is -2.22. The first kappa shape index (κ1) is 13.7. The van der Waals surface area contributed by atoms with E-state index in [1.807, 2.05) is 4.57 Å². The minimum atomic E-state index is -0.908. The van der Waals surface area contributed by atoms with Gasteiger partial charge >= 0.3 is 5.97 Å². The summed E-state index contributed by atoms with van der Waals surface area (Å²) < 4.78 is 1.90. The van der Waals surface area contributed by atoms with E-state index in [4.69, 9.17) is 5.11 Å². The number of benzene rings is 1. The van der Waals surface area contributed by atoms with Crippen molar-refractivity contribution in [3.05, 3.63) is 18.2 Å². The summed E-state index contributed by atoms with van der Waals surface area (Å²) >= 11 is 1.12. The molecule has 1 aromatic heterocycles. The Kier molecular flexibility index (Phi) is 3.46. The van der Waals surface area contributed by atoms with E-state index >= 15 is 0 Å². The fourth-order valence-corrected chi connectivity index (χ4v) is 2.75. The standard InChI is InChI=1S/C13H13N3O4S/c17-9-4-1-7(5-10(9)18)12-14-15-13(21-6-11(19)20)16(12)8-2-3-8/h1,4-5,8,17-18H,2-3,6H2,(H,19,20). The molecule has 0 bridgehead atoms. The first-order valence-electron chi connectivity index (χ1n) is 6.38. The fourth-order valence-electron chi connectivity index (χ4n) is 2.02. The monoisotopic (exact) mass is 307 g/mol. The van der Waals surface area contributed by atoms with Gasteiger partial charge in [0.25, 0.3) is 0 Å². The number of thioether (sulfide) groups is 1. The van der Waals surface area contributed by atoms with Gasteiger partial charge in [0.1, 0.15) is 0 Å². The highest BCUT2D eigenvalue weighted by molar-refractivity contribution is 7.99. The van der Waals surface area contributed by atoms with E-state index in [1.54, 1.807) is 6.07 Å². The van der Waals surface area contributed by atoms with E-state index in [2.05, 4.69) is 10.2 Å². The van der Waals surface area contributed by atoms with Crippen LogP contribution in [0.25, 0.3) is 11.4 Å². The summed E-state index contributed by atoms with van der Waals surface area (Å²) in [6.07, 6.45) is 1.99. The third kappa shape index (κ3) is 2.80.